The summed E-state index contributed by atoms with van der Waals surface area (Å²) in [6, 6.07) is 5.44. The summed E-state index contributed by atoms with van der Waals surface area (Å²) in [4.78, 5) is 7.41. The number of nitrogens with zero attached hydrogens (tertiary/aromatic N) is 3. The van der Waals surface area contributed by atoms with Crippen molar-refractivity contribution in [3.63, 3.8) is 0 Å². The van der Waals surface area contributed by atoms with Gasteiger partial charge in [-0.15, -0.1) is 6.42 Å². The van der Waals surface area contributed by atoms with Gasteiger partial charge < -0.3 is 26.5 Å². The van der Waals surface area contributed by atoms with Gasteiger partial charge in [0.1, 0.15) is 5.56 Å². The van der Waals surface area contributed by atoms with Crippen LogP contribution in [-0.2, 0) is 6.18 Å². The van der Waals surface area contributed by atoms with Crippen LogP contribution in [0.2, 0.25) is 0 Å². The average Bonchev–Trinajstić information content (AvgIpc) is 2.77. The number of hydrogen-bond acceptors (Lipinski definition) is 4. The molecule has 1 atom stereocenters. The van der Waals surface area contributed by atoms with Crippen LogP contribution in [0.4, 0.5) is 19.1 Å². The summed E-state index contributed by atoms with van der Waals surface area (Å²) in [5.74, 6) is -0.176. The van der Waals surface area contributed by atoms with Crippen molar-refractivity contribution in [2.24, 2.45) is 0 Å². The Morgan fingerprint density at radius 3 is 2.40 bits per heavy atom. The van der Waals surface area contributed by atoms with Crippen molar-refractivity contribution in [1.29, 1.82) is 5.26 Å². The number of hydrogen-bond donors (Lipinski definition) is 1. The van der Waals surface area contributed by atoms with Crippen LogP contribution in [0.1, 0.15) is 92.8 Å². The number of halogens is 3. The zero-order valence-corrected chi connectivity index (χ0v) is 23.0. The van der Waals surface area contributed by atoms with Crippen LogP contribution in [0.15, 0.2) is 24.4 Å². The van der Waals surface area contributed by atoms with E-state index in [4.69, 9.17) is 5.73 Å². The summed E-state index contributed by atoms with van der Waals surface area (Å²) in [7, 11) is 0. The van der Waals surface area contributed by atoms with Gasteiger partial charge >= 0.3 is 53.1 Å². The van der Waals surface area contributed by atoms with Gasteiger partial charge in [0, 0.05) is 11.8 Å². The maximum absolute atomic E-state index is 13.5. The van der Waals surface area contributed by atoms with Gasteiger partial charge in [0.25, 0.3) is 0 Å². The Morgan fingerprint density at radius 1 is 1.34 bits per heavy atom. The largest absolute Gasteiger partial charge is 3.00 e. The monoisotopic (exact) mass is 647 g/mol. The summed E-state index contributed by atoms with van der Waals surface area (Å²) in [5, 5.41) is 9.34. The summed E-state index contributed by atoms with van der Waals surface area (Å²) < 4.78 is 40.6. The van der Waals surface area contributed by atoms with Crippen LogP contribution in [0, 0.1) is 85.9 Å². The van der Waals surface area contributed by atoms with Crippen LogP contribution in [-0.4, -0.2) is 9.97 Å². The van der Waals surface area contributed by atoms with E-state index in [1.807, 2.05) is 20.8 Å². The van der Waals surface area contributed by atoms with Gasteiger partial charge in [-0.3, -0.25) is 0 Å². The first-order valence-electron chi connectivity index (χ1n) is 11.0. The van der Waals surface area contributed by atoms with Gasteiger partial charge in [0.2, 0.25) is 5.95 Å². The normalized spacial score (nSPS) is 11.8. The molecule has 1 radical (unpaired) electrons. The molecule has 1 aromatic heterocycles. The van der Waals surface area contributed by atoms with E-state index in [0.717, 1.165) is 24.0 Å². The molecule has 35 heavy (non-hydrogen) atoms. The first kappa shape index (κ1) is 35.8. The number of alkyl halides is 3. The molecule has 0 spiro atoms. The third kappa shape index (κ3) is 9.90. The molecule has 1 unspecified atom stereocenters. The zero-order valence-electron chi connectivity index (χ0n) is 21.3. The minimum Gasteiger partial charge on any atom is -0.368 e. The second-order valence-electron chi connectivity index (χ2n) is 7.72. The van der Waals surface area contributed by atoms with Gasteiger partial charge in [-0.05, 0) is 48.9 Å². The van der Waals surface area contributed by atoms with Gasteiger partial charge in [-0.25, -0.2) is 9.97 Å². The van der Waals surface area contributed by atoms with E-state index in [1.54, 1.807) is 25.1 Å². The zero-order chi connectivity index (χ0) is 25.2. The average molecular weight is 647 g/mol. The molecule has 0 saturated heterocycles. The fraction of sp³-hybridized carbons (Fsp3) is 0.407. The van der Waals surface area contributed by atoms with Crippen LogP contribution >= 0.6 is 0 Å². The van der Waals surface area contributed by atoms with Gasteiger partial charge in [-0.1, -0.05) is 26.0 Å². The molecule has 0 aliphatic heterocycles. The molecule has 199 valence electrons. The van der Waals surface area contributed by atoms with Crippen molar-refractivity contribution in [1.82, 2.24) is 9.97 Å². The number of nitrogen functional groups attached to an aromatic ring is 1. The first-order valence-corrected chi connectivity index (χ1v) is 11.0. The Bertz CT molecular complexity index is 991. The molecular formula is C27H36F3N4Yb. The predicted octanol–water partition coefficient (Wildman–Crippen LogP) is 7.89. The second kappa shape index (κ2) is 17.2. The predicted molar refractivity (Wildman–Crippen MR) is 134 cm³/mol. The molecule has 2 aromatic rings. The van der Waals surface area contributed by atoms with Crippen LogP contribution in [0.5, 0.6) is 0 Å². The topological polar surface area (TPSA) is 75.6 Å². The van der Waals surface area contributed by atoms with Gasteiger partial charge in [0.05, 0.1) is 17.3 Å². The number of allylic oxidation sites excluding steroid dienone is 1. The van der Waals surface area contributed by atoms with E-state index >= 15 is 0 Å². The third-order valence-corrected chi connectivity index (χ3v) is 5.43. The summed E-state index contributed by atoms with van der Waals surface area (Å²) >= 11 is 0. The first-order chi connectivity index (χ1) is 15.6. The molecule has 0 bridgehead atoms. The Labute approximate surface area is 247 Å². The molecular weight excluding hydrogens is 610 g/mol. The van der Waals surface area contributed by atoms with E-state index in [-0.39, 0.29) is 71.9 Å². The van der Waals surface area contributed by atoms with Crippen molar-refractivity contribution in [2.45, 2.75) is 72.4 Å². The number of rotatable bonds is 7. The maximum Gasteiger partial charge on any atom is 3.00 e. The molecule has 2 rings (SSSR count). The maximum atomic E-state index is 13.5. The molecule has 4 nitrogen and oxygen atoms in total. The Morgan fingerprint density at radius 2 is 1.97 bits per heavy atom. The molecule has 8 heteroatoms. The molecule has 0 aliphatic carbocycles. The SMILES string of the molecule is C/C=C(\c1ccc(C#N)c(C)c1C(C)CC)c1nc(N)ncc1C(F)(F)F.[CH2-]CCC[CH-]C.[CH3-].[Yb+3]. The van der Waals surface area contributed by atoms with Crippen LogP contribution in [0.3, 0.4) is 0 Å². The molecule has 2 N–H and O–H groups in total. The molecule has 1 heterocycles. The van der Waals surface area contributed by atoms with E-state index in [9.17, 15) is 18.4 Å². The van der Waals surface area contributed by atoms with E-state index < -0.39 is 11.7 Å². The van der Waals surface area contributed by atoms with E-state index in [2.05, 4.69) is 36.3 Å². The summed E-state index contributed by atoms with van der Waals surface area (Å²) in [6.07, 6.45) is 4.17. The van der Waals surface area contributed by atoms with Crippen molar-refractivity contribution in [3.8, 4) is 6.07 Å². The van der Waals surface area contributed by atoms with Crippen molar-refractivity contribution >= 4 is 11.5 Å². The number of aromatic nitrogens is 2. The molecule has 0 fully saturated rings. The van der Waals surface area contributed by atoms with Crippen molar-refractivity contribution in [3.05, 3.63) is 78.7 Å². The fourth-order valence-corrected chi connectivity index (χ4v) is 3.50. The smallest absolute Gasteiger partial charge is 0.368 e. The third-order valence-electron chi connectivity index (χ3n) is 5.43. The van der Waals surface area contributed by atoms with Gasteiger partial charge in [-0.2, -0.15) is 38.2 Å². The van der Waals surface area contributed by atoms with Crippen LogP contribution in [0.25, 0.3) is 5.57 Å². The number of unbranched alkanes of at least 4 members (excludes halogenated alkanes) is 3. The number of nitrogens with two attached hydrogens (primary N) is 1. The van der Waals surface area contributed by atoms with Gasteiger partial charge in [0.15, 0.2) is 0 Å². The van der Waals surface area contributed by atoms with E-state index in [0.29, 0.717) is 22.9 Å². The fourth-order valence-electron chi connectivity index (χ4n) is 3.50. The number of nitriles is 1. The van der Waals surface area contributed by atoms with Crippen molar-refractivity contribution in [2.75, 3.05) is 5.73 Å². The molecule has 0 saturated carbocycles. The molecule has 0 aliphatic rings. The van der Waals surface area contributed by atoms with E-state index in [1.165, 1.54) is 12.8 Å². The Kier molecular flexibility index (Phi) is 17.5. The Balaban J connectivity index is 0. The standard InChI is InChI=1S/C20H21F3N4.C6H12.CH3.Yb/c1-5-11(3)17-12(4)13(9-24)7-8-15(17)14(6-2)18-16(20(21,22)23)10-26-19(25)27-18;1-3-5-6-4-2;;/h6-8,10-11H,5H2,1-4H3,(H2,25,26,27);4H,1,3,5-6H2,2H3;1H3;/q;-2;-1;+3/b14-6+;;;. The second-order valence-corrected chi connectivity index (χ2v) is 7.72. The molecule has 0 amide bonds. The molecule has 1 aromatic carbocycles. The van der Waals surface area contributed by atoms with Crippen LogP contribution < -0.4 is 5.73 Å². The summed E-state index contributed by atoms with van der Waals surface area (Å²) in [6.45, 7) is 13.2. The number of anilines is 1. The minimum atomic E-state index is -4.62. The number of benzene rings is 1. The Hall–Kier alpha value is -1.36. The quantitative estimate of drug-likeness (QED) is 0.245. The minimum absolute atomic E-state index is 0. The summed E-state index contributed by atoms with van der Waals surface area (Å²) in [5.41, 5.74) is 7.42. The van der Waals surface area contributed by atoms with Crippen molar-refractivity contribution < 1.29 is 60.1 Å².